The quantitative estimate of drug-likeness (QED) is 0.840. The van der Waals surface area contributed by atoms with Crippen LogP contribution in [0.25, 0.3) is 0 Å². The van der Waals surface area contributed by atoms with Crippen LogP contribution in [0.5, 0.6) is 0 Å². The van der Waals surface area contributed by atoms with Crippen LogP contribution in [0, 0.1) is 0 Å². The van der Waals surface area contributed by atoms with E-state index in [1.807, 2.05) is 12.1 Å². The molecule has 0 aromatic carbocycles. The summed E-state index contributed by atoms with van der Waals surface area (Å²) >= 11 is 0. The average molecular weight is 233 g/mol. The van der Waals surface area contributed by atoms with Crippen molar-refractivity contribution < 1.29 is 5.11 Å². The summed E-state index contributed by atoms with van der Waals surface area (Å²) in [5.74, 6) is 0. The molecule has 0 spiro atoms. The number of pyridine rings is 1. The predicted octanol–water partition coefficient (Wildman–Crippen LogP) is 0.858. The van der Waals surface area contributed by atoms with Crippen molar-refractivity contribution in [3.05, 3.63) is 24.0 Å². The Morgan fingerprint density at radius 2 is 2.00 bits per heavy atom. The number of hydrogen-bond donors (Lipinski definition) is 1. The van der Waals surface area contributed by atoms with Crippen molar-refractivity contribution in [1.29, 1.82) is 0 Å². The second-order valence-corrected chi connectivity index (χ2v) is 4.92. The van der Waals surface area contributed by atoms with Crippen LogP contribution in [0.4, 0.5) is 5.69 Å². The van der Waals surface area contributed by atoms with Gasteiger partial charge in [-0.05, 0) is 25.0 Å². The molecule has 1 saturated heterocycles. The van der Waals surface area contributed by atoms with E-state index < -0.39 is 0 Å². The molecular formula is C13H19N3O. The SMILES string of the molecule is OCc1cc(N2CCN(C3CC3)CC2)ccn1. The smallest absolute Gasteiger partial charge is 0.0853 e. The predicted molar refractivity (Wildman–Crippen MR) is 67.0 cm³/mol. The molecule has 92 valence electrons. The van der Waals surface area contributed by atoms with Gasteiger partial charge in [0.25, 0.3) is 0 Å². The molecule has 17 heavy (non-hydrogen) atoms. The number of piperazine rings is 1. The highest BCUT2D eigenvalue weighted by molar-refractivity contribution is 5.47. The van der Waals surface area contributed by atoms with Gasteiger partial charge in [-0.3, -0.25) is 9.88 Å². The third kappa shape index (κ3) is 2.42. The Morgan fingerprint density at radius 1 is 1.24 bits per heavy atom. The lowest BCUT2D eigenvalue weighted by atomic mass is 10.2. The minimum absolute atomic E-state index is 0.0237. The maximum Gasteiger partial charge on any atom is 0.0853 e. The summed E-state index contributed by atoms with van der Waals surface area (Å²) in [6, 6.07) is 4.90. The summed E-state index contributed by atoms with van der Waals surface area (Å²) in [4.78, 5) is 9.11. The highest BCUT2D eigenvalue weighted by Gasteiger charge is 2.31. The molecule has 2 aliphatic rings. The molecule has 1 aliphatic heterocycles. The Morgan fingerprint density at radius 3 is 2.65 bits per heavy atom. The van der Waals surface area contributed by atoms with Gasteiger partial charge in [-0.2, -0.15) is 0 Å². The van der Waals surface area contributed by atoms with Crippen LogP contribution in [-0.2, 0) is 6.61 Å². The maximum atomic E-state index is 9.09. The van der Waals surface area contributed by atoms with E-state index in [0.29, 0.717) is 0 Å². The van der Waals surface area contributed by atoms with Crippen molar-refractivity contribution in [2.75, 3.05) is 31.1 Å². The number of aliphatic hydroxyl groups excluding tert-OH is 1. The largest absolute Gasteiger partial charge is 0.390 e. The standard InChI is InChI=1S/C13H19N3O/c17-10-11-9-13(3-4-14-11)16-7-5-15(6-8-16)12-1-2-12/h3-4,9,12,17H,1-2,5-8,10H2. The monoisotopic (exact) mass is 233 g/mol. The average Bonchev–Trinajstić information content (AvgIpc) is 3.23. The molecule has 4 heteroatoms. The van der Waals surface area contributed by atoms with E-state index in [9.17, 15) is 0 Å². The molecule has 1 aromatic heterocycles. The van der Waals surface area contributed by atoms with Gasteiger partial charge >= 0.3 is 0 Å². The van der Waals surface area contributed by atoms with Crippen LogP contribution in [-0.4, -0.2) is 47.2 Å². The number of nitrogens with zero attached hydrogens (tertiary/aromatic N) is 3. The van der Waals surface area contributed by atoms with Gasteiger partial charge in [0.1, 0.15) is 0 Å². The van der Waals surface area contributed by atoms with E-state index in [1.54, 1.807) is 6.20 Å². The third-order valence-electron chi connectivity index (χ3n) is 3.70. The molecule has 4 nitrogen and oxygen atoms in total. The van der Waals surface area contributed by atoms with Crippen molar-refractivity contribution in [1.82, 2.24) is 9.88 Å². The van der Waals surface area contributed by atoms with Gasteiger partial charge in [-0.1, -0.05) is 0 Å². The van der Waals surface area contributed by atoms with E-state index >= 15 is 0 Å². The van der Waals surface area contributed by atoms with E-state index in [4.69, 9.17) is 5.11 Å². The molecule has 3 rings (SSSR count). The van der Waals surface area contributed by atoms with Gasteiger partial charge in [0.05, 0.1) is 12.3 Å². The second kappa shape index (κ2) is 4.63. The fourth-order valence-corrected chi connectivity index (χ4v) is 2.53. The lowest BCUT2D eigenvalue weighted by Gasteiger charge is -2.36. The Bertz CT molecular complexity index is 384. The minimum Gasteiger partial charge on any atom is -0.390 e. The molecule has 1 aromatic rings. The number of rotatable bonds is 3. The Kier molecular flexibility index (Phi) is 2.99. The van der Waals surface area contributed by atoms with E-state index in [1.165, 1.54) is 31.6 Å². The first kappa shape index (κ1) is 11.0. The summed E-state index contributed by atoms with van der Waals surface area (Å²) in [6.07, 6.45) is 4.57. The zero-order chi connectivity index (χ0) is 11.7. The van der Waals surface area contributed by atoms with E-state index in [2.05, 4.69) is 14.8 Å². The summed E-state index contributed by atoms with van der Waals surface area (Å²) in [5.41, 5.74) is 1.95. The van der Waals surface area contributed by atoms with Crippen molar-refractivity contribution in [2.45, 2.75) is 25.5 Å². The lowest BCUT2D eigenvalue weighted by molar-refractivity contribution is 0.248. The highest BCUT2D eigenvalue weighted by atomic mass is 16.3. The zero-order valence-corrected chi connectivity index (χ0v) is 10.0. The number of hydrogen-bond acceptors (Lipinski definition) is 4. The van der Waals surface area contributed by atoms with Crippen LogP contribution in [0.3, 0.4) is 0 Å². The molecule has 0 radical (unpaired) electrons. The fourth-order valence-electron chi connectivity index (χ4n) is 2.53. The first-order valence-corrected chi connectivity index (χ1v) is 6.41. The van der Waals surface area contributed by atoms with Gasteiger partial charge in [0.15, 0.2) is 0 Å². The first-order valence-electron chi connectivity index (χ1n) is 6.41. The van der Waals surface area contributed by atoms with Gasteiger partial charge < -0.3 is 10.0 Å². The molecule has 0 atom stereocenters. The van der Waals surface area contributed by atoms with E-state index in [-0.39, 0.29) is 6.61 Å². The van der Waals surface area contributed by atoms with Crippen molar-refractivity contribution in [2.24, 2.45) is 0 Å². The molecular weight excluding hydrogens is 214 g/mol. The van der Waals surface area contributed by atoms with E-state index in [0.717, 1.165) is 24.8 Å². The Balaban J connectivity index is 1.64. The lowest BCUT2D eigenvalue weighted by Crippen LogP contribution is -2.47. The van der Waals surface area contributed by atoms with Crippen LogP contribution in [0.15, 0.2) is 18.3 Å². The molecule has 2 heterocycles. The van der Waals surface area contributed by atoms with Crippen LogP contribution in [0.2, 0.25) is 0 Å². The van der Waals surface area contributed by atoms with Gasteiger partial charge in [-0.15, -0.1) is 0 Å². The number of anilines is 1. The van der Waals surface area contributed by atoms with Gasteiger partial charge in [0, 0.05) is 44.1 Å². The summed E-state index contributed by atoms with van der Waals surface area (Å²) in [6.45, 7) is 4.54. The normalized spacial score (nSPS) is 21.8. The molecule has 0 unspecified atom stereocenters. The Hall–Kier alpha value is -1.13. The molecule has 0 bridgehead atoms. The van der Waals surface area contributed by atoms with Gasteiger partial charge in [-0.25, -0.2) is 0 Å². The van der Waals surface area contributed by atoms with Crippen molar-refractivity contribution in [3.8, 4) is 0 Å². The molecule has 1 aliphatic carbocycles. The fraction of sp³-hybridized carbons (Fsp3) is 0.615. The third-order valence-corrected chi connectivity index (χ3v) is 3.70. The van der Waals surface area contributed by atoms with Gasteiger partial charge in [0.2, 0.25) is 0 Å². The summed E-state index contributed by atoms with van der Waals surface area (Å²) < 4.78 is 0. The highest BCUT2D eigenvalue weighted by Crippen LogP contribution is 2.28. The van der Waals surface area contributed by atoms with Crippen LogP contribution >= 0.6 is 0 Å². The van der Waals surface area contributed by atoms with Crippen LogP contribution < -0.4 is 4.90 Å². The molecule has 2 fully saturated rings. The topological polar surface area (TPSA) is 39.6 Å². The van der Waals surface area contributed by atoms with Crippen molar-refractivity contribution in [3.63, 3.8) is 0 Å². The van der Waals surface area contributed by atoms with Crippen LogP contribution in [0.1, 0.15) is 18.5 Å². The second-order valence-electron chi connectivity index (χ2n) is 4.92. The number of aliphatic hydroxyl groups is 1. The molecule has 1 N–H and O–H groups in total. The minimum atomic E-state index is 0.0237. The summed E-state index contributed by atoms with van der Waals surface area (Å²) in [7, 11) is 0. The first-order chi connectivity index (χ1) is 8.36. The molecule has 1 saturated carbocycles. The number of aromatic nitrogens is 1. The molecule has 0 amide bonds. The zero-order valence-electron chi connectivity index (χ0n) is 10.0. The maximum absolute atomic E-state index is 9.09. The summed E-state index contributed by atoms with van der Waals surface area (Å²) in [5, 5.41) is 9.09. The Labute approximate surface area is 102 Å². The van der Waals surface area contributed by atoms with Crippen molar-refractivity contribution >= 4 is 5.69 Å².